The summed E-state index contributed by atoms with van der Waals surface area (Å²) in [7, 11) is 0. The highest BCUT2D eigenvalue weighted by atomic mass is 19.1. The molecule has 0 aliphatic heterocycles. The molecule has 0 saturated carbocycles. The average molecular weight is 290 g/mol. The third kappa shape index (κ3) is 1.90. The van der Waals surface area contributed by atoms with Crippen LogP contribution >= 0.6 is 0 Å². The summed E-state index contributed by atoms with van der Waals surface area (Å²) in [6.07, 6.45) is 3.35. The second-order valence-electron chi connectivity index (χ2n) is 5.08. The molecule has 0 fully saturated rings. The molecule has 5 heteroatoms. The molecule has 2 heterocycles. The van der Waals surface area contributed by atoms with Crippen LogP contribution in [0.5, 0.6) is 0 Å². The lowest BCUT2D eigenvalue weighted by atomic mass is 10.0. The molecule has 0 spiro atoms. The Bertz CT molecular complexity index is 1010. The van der Waals surface area contributed by atoms with Crippen molar-refractivity contribution in [3.05, 3.63) is 60.3 Å². The maximum atomic E-state index is 14.2. The first kappa shape index (κ1) is 12.8. The largest absolute Gasteiger partial charge is 0.254 e. The van der Waals surface area contributed by atoms with Gasteiger partial charge in [-0.15, -0.1) is 0 Å². The highest BCUT2D eigenvalue weighted by Gasteiger charge is 2.13. The lowest BCUT2D eigenvalue weighted by Crippen LogP contribution is -1.88. The summed E-state index contributed by atoms with van der Waals surface area (Å²) < 4.78 is 14.2. The summed E-state index contributed by atoms with van der Waals surface area (Å²) in [6, 6.07) is 10.3. The van der Waals surface area contributed by atoms with Crippen LogP contribution < -0.4 is 0 Å². The van der Waals surface area contributed by atoms with Gasteiger partial charge in [0.1, 0.15) is 5.82 Å². The van der Waals surface area contributed by atoms with Gasteiger partial charge in [-0.25, -0.2) is 4.39 Å². The summed E-state index contributed by atoms with van der Waals surface area (Å²) >= 11 is 0. The van der Waals surface area contributed by atoms with Crippen molar-refractivity contribution in [2.75, 3.05) is 0 Å². The molecule has 0 aliphatic carbocycles. The summed E-state index contributed by atoms with van der Waals surface area (Å²) in [6.45, 7) is 1.84. The van der Waals surface area contributed by atoms with E-state index in [0.29, 0.717) is 11.3 Å². The molecule has 0 atom stereocenters. The Morgan fingerprint density at radius 1 is 0.955 bits per heavy atom. The Hall–Kier alpha value is -2.95. The molecule has 0 aliphatic rings. The molecule has 22 heavy (non-hydrogen) atoms. The molecule has 4 aromatic rings. The summed E-state index contributed by atoms with van der Waals surface area (Å²) in [5.41, 5.74) is 3.24. The van der Waals surface area contributed by atoms with Crippen molar-refractivity contribution in [2.45, 2.75) is 6.92 Å². The molecular weight excluding hydrogens is 279 g/mol. The quantitative estimate of drug-likeness (QED) is 0.536. The first-order valence-electron chi connectivity index (χ1n) is 6.87. The minimum Gasteiger partial charge on any atom is -0.254 e. The van der Waals surface area contributed by atoms with Crippen molar-refractivity contribution in [1.82, 2.24) is 20.2 Å². The van der Waals surface area contributed by atoms with E-state index < -0.39 is 0 Å². The molecule has 0 unspecified atom stereocenters. The number of hydrogen-bond acceptors (Lipinski definition) is 4. The Morgan fingerprint density at radius 2 is 1.82 bits per heavy atom. The minimum absolute atomic E-state index is 0.305. The van der Waals surface area contributed by atoms with Gasteiger partial charge in [0.05, 0.1) is 28.6 Å². The SMILES string of the molecule is Cc1cnc2c(ccc3nncc32)c(-c2ccccc2F)n1. The van der Waals surface area contributed by atoms with Gasteiger partial charge in [-0.05, 0) is 31.2 Å². The zero-order valence-electron chi connectivity index (χ0n) is 11.8. The van der Waals surface area contributed by atoms with Crippen LogP contribution in [0.3, 0.4) is 0 Å². The van der Waals surface area contributed by atoms with Crippen LogP contribution in [0.25, 0.3) is 33.1 Å². The molecule has 0 bridgehead atoms. The Balaban J connectivity index is 2.21. The number of hydrogen-bond donors (Lipinski definition) is 0. The van der Waals surface area contributed by atoms with Gasteiger partial charge in [0, 0.05) is 22.5 Å². The van der Waals surface area contributed by atoms with Gasteiger partial charge in [0.25, 0.3) is 0 Å². The van der Waals surface area contributed by atoms with Gasteiger partial charge in [-0.3, -0.25) is 9.97 Å². The van der Waals surface area contributed by atoms with Crippen LogP contribution in [-0.4, -0.2) is 20.2 Å². The summed E-state index contributed by atoms with van der Waals surface area (Å²) in [5.74, 6) is -0.305. The zero-order chi connectivity index (χ0) is 15.1. The monoisotopic (exact) mass is 290 g/mol. The number of fused-ring (bicyclic) bond motifs is 3. The van der Waals surface area contributed by atoms with Crippen LogP contribution in [0.4, 0.5) is 4.39 Å². The van der Waals surface area contributed by atoms with E-state index in [4.69, 9.17) is 0 Å². The summed E-state index contributed by atoms with van der Waals surface area (Å²) in [5, 5.41) is 9.60. The van der Waals surface area contributed by atoms with Crippen molar-refractivity contribution < 1.29 is 4.39 Å². The van der Waals surface area contributed by atoms with Gasteiger partial charge in [0.15, 0.2) is 0 Å². The van der Waals surface area contributed by atoms with Gasteiger partial charge in [0.2, 0.25) is 0 Å². The standard InChI is InChI=1S/C17H11FN4/c1-10-8-19-16-12(6-7-15-13(16)9-20-22-15)17(21-10)11-4-2-3-5-14(11)18/h2-9H,1H3. The highest BCUT2D eigenvalue weighted by molar-refractivity contribution is 6.07. The number of rotatable bonds is 1. The molecule has 106 valence electrons. The van der Waals surface area contributed by atoms with Gasteiger partial charge >= 0.3 is 0 Å². The van der Waals surface area contributed by atoms with Crippen LogP contribution in [-0.2, 0) is 0 Å². The molecule has 0 radical (unpaired) electrons. The van der Waals surface area contributed by atoms with Crippen LogP contribution in [0.15, 0.2) is 48.8 Å². The number of aryl methyl sites for hydroxylation is 1. The van der Waals surface area contributed by atoms with E-state index in [9.17, 15) is 4.39 Å². The van der Waals surface area contributed by atoms with E-state index in [2.05, 4.69) is 20.2 Å². The first-order valence-corrected chi connectivity index (χ1v) is 6.87. The normalized spacial score (nSPS) is 11.2. The van der Waals surface area contributed by atoms with Crippen molar-refractivity contribution in [3.63, 3.8) is 0 Å². The fourth-order valence-corrected chi connectivity index (χ4v) is 2.57. The molecule has 4 nitrogen and oxygen atoms in total. The van der Waals surface area contributed by atoms with Crippen molar-refractivity contribution >= 4 is 21.8 Å². The van der Waals surface area contributed by atoms with Gasteiger partial charge in [-0.2, -0.15) is 10.2 Å². The molecule has 0 saturated heterocycles. The maximum Gasteiger partial charge on any atom is 0.132 e. The predicted molar refractivity (Wildman–Crippen MR) is 82.8 cm³/mol. The molecule has 4 rings (SSSR count). The first-order chi connectivity index (χ1) is 10.7. The fraction of sp³-hybridized carbons (Fsp3) is 0.0588. The lowest BCUT2D eigenvalue weighted by Gasteiger charge is -2.04. The minimum atomic E-state index is -0.305. The Morgan fingerprint density at radius 3 is 2.68 bits per heavy atom. The smallest absolute Gasteiger partial charge is 0.132 e. The van der Waals surface area contributed by atoms with Crippen molar-refractivity contribution in [3.8, 4) is 11.3 Å². The van der Waals surface area contributed by atoms with Gasteiger partial charge < -0.3 is 0 Å². The average Bonchev–Trinajstić information content (AvgIpc) is 2.93. The third-order valence-electron chi connectivity index (χ3n) is 3.60. The van der Waals surface area contributed by atoms with Crippen molar-refractivity contribution in [1.29, 1.82) is 0 Å². The van der Waals surface area contributed by atoms with E-state index in [1.807, 2.05) is 19.1 Å². The van der Waals surface area contributed by atoms with E-state index in [-0.39, 0.29) is 5.82 Å². The number of benzene rings is 2. The number of nitrogens with zero attached hydrogens (tertiary/aromatic N) is 4. The van der Waals surface area contributed by atoms with E-state index >= 15 is 0 Å². The molecule has 2 aromatic carbocycles. The Labute approximate surface area is 125 Å². The molecule has 0 amide bonds. The molecule has 2 aromatic heterocycles. The zero-order valence-corrected chi connectivity index (χ0v) is 11.8. The lowest BCUT2D eigenvalue weighted by molar-refractivity contribution is 0.631. The topological polar surface area (TPSA) is 51.6 Å². The van der Waals surface area contributed by atoms with E-state index in [1.165, 1.54) is 6.07 Å². The second-order valence-corrected chi connectivity index (χ2v) is 5.08. The van der Waals surface area contributed by atoms with Crippen LogP contribution in [0, 0.1) is 12.7 Å². The maximum absolute atomic E-state index is 14.2. The molecule has 0 N–H and O–H groups in total. The fourth-order valence-electron chi connectivity index (χ4n) is 2.57. The highest BCUT2D eigenvalue weighted by Crippen LogP contribution is 2.30. The van der Waals surface area contributed by atoms with Crippen LogP contribution in [0.2, 0.25) is 0 Å². The number of aromatic nitrogens is 4. The van der Waals surface area contributed by atoms with E-state index in [0.717, 1.165) is 27.5 Å². The van der Waals surface area contributed by atoms with Crippen molar-refractivity contribution in [2.24, 2.45) is 0 Å². The third-order valence-corrected chi connectivity index (χ3v) is 3.60. The molecular formula is C17H11FN4. The summed E-state index contributed by atoms with van der Waals surface area (Å²) in [4.78, 5) is 9.04. The number of halogens is 1. The predicted octanol–water partition coefficient (Wildman–Crippen LogP) is 3.69. The van der Waals surface area contributed by atoms with Gasteiger partial charge in [-0.1, -0.05) is 12.1 Å². The van der Waals surface area contributed by atoms with Crippen LogP contribution in [0.1, 0.15) is 5.69 Å². The second kappa shape index (κ2) is 4.80. The Kier molecular flexibility index (Phi) is 2.79. The van der Waals surface area contributed by atoms with E-state index in [1.54, 1.807) is 30.6 Å².